The highest BCUT2D eigenvalue weighted by Gasteiger charge is 2.23. The molecule has 1 heterocycles. The fraction of sp³-hybridized carbons (Fsp3) is 0.435. The number of ether oxygens (including phenoxy) is 1. The first-order chi connectivity index (χ1) is 14.6. The van der Waals surface area contributed by atoms with Crippen molar-refractivity contribution < 1.29 is 13.5 Å². The fourth-order valence-corrected chi connectivity index (χ4v) is 3.69. The molecular weight excluding hydrogens is 386 g/mol. The maximum Gasteiger partial charge on any atom is 0.191 e. The smallest absolute Gasteiger partial charge is 0.191 e. The van der Waals surface area contributed by atoms with Crippen molar-refractivity contribution in [3.63, 3.8) is 0 Å². The van der Waals surface area contributed by atoms with E-state index < -0.39 is 11.6 Å². The minimum absolute atomic E-state index is 0.378. The zero-order valence-electron chi connectivity index (χ0n) is 17.6. The highest BCUT2D eigenvalue weighted by Crippen LogP contribution is 2.25. The molecule has 5 nitrogen and oxygen atoms in total. The van der Waals surface area contributed by atoms with E-state index in [1.54, 1.807) is 13.2 Å². The normalized spacial score (nSPS) is 16.6. The van der Waals surface area contributed by atoms with Crippen molar-refractivity contribution >= 4 is 11.6 Å². The second-order valence-electron chi connectivity index (χ2n) is 7.41. The molecule has 0 amide bonds. The summed E-state index contributed by atoms with van der Waals surface area (Å²) in [5.41, 5.74) is 1.88. The molecule has 0 radical (unpaired) electrons. The van der Waals surface area contributed by atoms with E-state index in [-0.39, 0.29) is 0 Å². The molecule has 0 spiro atoms. The lowest BCUT2D eigenvalue weighted by atomic mass is 10.1. The molecular formula is C23H30F2N4O. The molecule has 7 heteroatoms. The first kappa shape index (κ1) is 21.9. The number of nitrogens with one attached hydrogen (secondary N) is 2. The second-order valence-corrected chi connectivity index (χ2v) is 7.41. The molecule has 162 valence electrons. The van der Waals surface area contributed by atoms with Crippen LogP contribution in [0.25, 0.3) is 0 Å². The van der Waals surface area contributed by atoms with Crippen molar-refractivity contribution in [2.45, 2.75) is 19.8 Å². The third-order valence-corrected chi connectivity index (χ3v) is 5.29. The van der Waals surface area contributed by atoms with Gasteiger partial charge in [0.15, 0.2) is 17.6 Å². The first-order valence-corrected chi connectivity index (χ1v) is 10.4. The molecule has 1 aliphatic heterocycles. The Morgan fingerprint density at radius 1 is 1.17 bits per heavy atom. The number of anilines is 1. The highest BCUT2D eigenvalue weighted by atomic mass is 19.2. The van der Waals surface area contributed by atoms with Crippen LogP contribution in [0.5, 0.6) is 5.75 Å². The third kappa shape index (κ3) is 5.84. The van der Waals surface area contributed by atoms with E-state index in [2.05, 4.69) is 21.6 Å². The van der Waals surface area contributed by atoms with Gasteiger partial charge in [-0.1, -0.05) is 18.2 Å². The summed E-state index contributed by atoms with van der Waals surface area (Å²) in [6.45, 7) is 5.87. The standard InChI is InChI=1S/C23H30F2N4O/c1-3-26-23(27-12-10-18-6-4-5-7-22(18)30-2)28-15-17-11-13-29(16-17)19-8-9-20(24)21(25)14-19/h4-9,14,17H,3,10-13,15-16H2,1-2H3,(H2,26,27,28). The van der Waals surface area contributed by atoms with Crippen LogP contribution in [0.3, 0.4) is 0 Å². The number of halogens is 2. The second kappa shape index (κ2) is 10.8. The number of para-hydroxylation sites is 1. The molecule has 0 saturated carbocycles. The van der Waals surface area contributed by atoms with Crippen LogP contribution >= 0.6 is 0 Å². The van der Waals surface area contributed by atoms with Crippen molar-refractivity contribution in [3.8, 4) is 5.75 Å². The summed E-state index contributed by atoms with van der Waals surface area (Å²) in [6, 6.07) is 12.1. The van der Waals surface area contributed by atoms with Crippen LogP contribution in [0.4, 0.5) is 14.5 Å². The Morgan fingerprint density at radius 2 is 2.00 bits per heavy atom. The minimum Gasteiger partial charge on any atom is -0.496 e. The Kier molecular flexibility index (Phi) is 7.88. The van der Waals surface area contributed by atoms with Gasteiger partial charge in [0.05, 0.1) is 7.11 Å². The maximum atomic E-state index is 13.5. The summed E-state index contributed by atoms with van der Waals surface area (Å²) in [5, 5.41) is 6.66. The molecule has 1 fully saturated rings. The number of methoxy groups -OCH3 is 1. The minimum atomic E-state index is -0.812. The number of nitrogens with zero attached hydrogens (tertiary/aromatic N) is 2. The molecule has 30 heavy (non-hydrogen) atoms. The van der Waals surface area contributed by atoms with E-state index in [1.807, 2.05) is 25.1 Å². The van der Waals surface area contributed by atoms with Crippen LogP contribution in [0.1, 0.15) is 18.9 Å². The molecule has 0 bridgehead atoms. The predicted molar refractivity (Wildman–Crippen MR) is 117 cm³/mol. The van der Waals surface area contributed by atoms with Crippen molar-refractivity contribution in [3.05, 3.63) is 59.7 Å². The first-order valence-electron chi connectivity index (χ1n) is 10.4. The summed E-state index contributed by atoms with van der Waals surface area (Å²) < 4.78 is 32.1. The van der Waals surface area contributed by atoms with Crippen LogP contribution < -0.4 is 20.3 Å². The van der Waals surface area contributed by atoms with Gasteiger partial charge in [-0.3, -0.25) is 4.99 Å². The highest BCUT2D eigenvalue weighted by molar-refractivity contribution is 5.79. The zero-order valence-corrected chi connectivity index (χ0v) is 17.6. The predicted octanol–water partition coefficient (Wildman–Crippen LogP) is 3.60. The third-order valence-electron chi connectivity index (χ3n) is 5.29. The zero-order chi connectivity index (χ0) is 21.3. The van der Waals surface area contributed by atoms with Crippen molar-refractivity contribution in [2.75, 3.05) is 44.7 Å². The van der Waals surface area contributed by atoms with Gasteiger partial charge in [0, 0.05) is 44.5 Å². The Labute approximate surface area is 177 Å². The Morgan fingerprint density at radius 3 is 2.77 bits per heavy atom. The topological polar surface area (TPSA) is 48.9 Å². The SMILES string of the molecule is CCNC(=NCC1CCN(c2ccc(F)c(F)c2)C1)NCCc1ccccc1OC. The maximum absolute atomic E-state index is 13.5. The molecule has 2 aromatic rings. The summed E-state index contributed by atoms with van der Waals surface area (Å²) >= 11 is 0. The lowest BCUT2D eigenvalue weighted by Crippen LogP contribution is -2.38. The number of benzene rings is 2. The lowest BCUT2D eigenvalue weighted by Gasteiger charge is -2.18. The van der Waals surface area contributed by atoms with E-state index in [1.165, 1.54) is 12.1 Å². The van der Waals surface area contributed by atoms with Crippen molar-refractivity contribution in [1.29, 1.82) is 0 Å². The van der Waals surface area contributed by atoms with Gasteiger partial charge in [0.25, 0.3) is 0 Å². The van der Waals surface area contributed by atoms with Gasteiger partial charge < -0.3 is 20.3 Å². The summed E-state index contributed by atoms with van der Waals surface area (Å²) in [5.74, 6) is 0.446. The average molecular weight is 417 g/mol. The van der Waals surface area contributed by atoms with Crippen molar-refractivity contribution in [2.24, 2.45) is 10.9 Å². The Balaban J connectivity index is 1.51. The van der Waals surface area contributed by atoms with Gasteiger partial charge in [-0.15, -0.1) is 0 Å². The molecule has 1 saturated heterocycles. The van der Waals surface area contributed by atoms with Gasteiger partial charge >= 0.3 is 0 Å². The largest absolute Gasteiger partial charge is 0.496 e. The van der Waals surface area contributed by atoms with Crippen LogP contribution in [0, 0.1) is 17.6 Å². The molecule has 0 aromatic heterocycles. The van der Waals surface area contributed by atoms with Crippen molar-refractivity contribution in [1.82, 2.24) is 10.6 Å². The summed E-state index contributed by atoms with van der Waals surface area (Å²) in [6.07, 6.45) is 1.81. The monoisotopic (exact) mass is 416 g/mol. The number of hydrogen-bond donors (Lipinski definition) is 2. The van der Waals surface area contributed by atoms with Crippen LogP contribution in [-0.2, 0) is 6.42 Å². The van der Waals surface area contributed by atoms with Gasteiger partial charge in [-0.25, -0.2) is 8.78 Å². The van der Waals surface area contributed by atoms with Gasteiger partial charge in [0.1, 0.15) is 5.75 Å². The molecule has 1 atom stereocenters. The number of aliphatic imine (C=N–C) groups is 1. The molecule has 2 N–H and O–H groups in total. The lowest BCUT2D eigenvalue weighted by molar-refractivity contribution is 0.409. The van der Waals surface area contributed by atoms with E-state index in [0.717, 1.165) is 62.0 Å². The molecule has 1 unspecified atom stereocenters. The van der Waals surface area contributed by atoms with Gasteiger partial charge in [0.2, 0.25) is 0 Å². The van der Waals surface area contributed by atoms with Gasteiger partial charge in [-0.05, 0) is 49.4 Å². The number of rotatable bonds is 8. The molecule has 1 aliphatic rings. The number of hydrogen-bond acceptors (Lipinski definition) is 3. The van der Waals surface area contributed by atoms with Crippen LogP contribution in [0.15, 0.2) is 47.5 Å². The van der Waals surface area contributed by atoms with Crippen LogP contribution in [-0.4, -0.2) is 45.8 Å². The summed E-state index contributed by atoms with van der Waals surface area (Å²) in [4.78, 5) is 6.82. The Bertz CT molecular complexity index is 859. The van der Waals surface area contributed by atoms with E-state index in [9.17, 15) is 8.78 Å². The number of guanidine groups is 1. The van der Waals surface area contributed by atoms with E-state index in [0.29, 0.717) is 12.5 Å². The molecule has 3 rings (SSSR count). The van der Waals surface area contributed by atoms with E-state index in [4.69, 9.17) is 9.73 Å². The molecule has 0 aliphatic carbocycles. The Hall–Kier alpha value is -2.83. The summed E-state index contributed by atoms with van der Waals surface area (Å²) in [7, 11) is 1.68. The average Bonchev–Trinajstić information content (AvgIpc) is 3.23. The van der Waals surface area contributed by atoms with Gasteiger partial charge in [-0.2, -0.15) is 0 Å². The fourth-order valence-electron chi connectivity index (χ4n) is 3.69. The van der Waals surface area contributed by atoms with E-state index >= 15 is 0 Å². The quantitative estimate of drug-likeness (QED) is 0.510. The molecule has 2 aromatic carbocycles. The van der Waals surface area contributed by atoms with Crippen LogP contribution in [0.2, 0.25) is 0 Å².